The molecule has 0 bridgehead atoms. The molecule has 2 N–H and O–H groups in total. The van der Waals surface area contributed by atoms with Gasteiger partial charge in [0.2, 0.25) is 0 Å². The average Bonchev–Trinajstić information content (AvgIpc) is 2.99. The van der Waals surface area contributed by atoms with Gasteiger partial charge >= 0.3 is 0 Å². The summed E-state index contributed by atoms with van der Waals surface area (Å²) in [6, 6.07) is 0. The molecule has 1 fully saturated rings. The maximum Gasteiger partial charge on any atom is 0.161 e. The van der Waals surface area contributed by atoms with Crippen LogP contribution in [-0.2, 0) is 14.4 Å². The minimum atomic E-state index is -1.29. The first-order chi connectivity index (χ1) is 12.8. The lowest BCUT2D eigenvalue weighted by molar-refractivity contribution is -0.135. The van der Waals surface area contributed by atoms with E-state index in [9.17, 15) is 19.5 Å². The molecule has 1 saturated carbocycles. The molecule has 0 spiro atoms. The highest BCUT2D eigenvalue weighted by molar-refractivity contribution is 5.85. The molecule has 0 amide bonds. The number of rotatable bonds is 14. The molecule has 154 valence electrons. The van der Waals surface area contributed by atoms with E-state index < -0.39 is 12.2 Å². The van der Waals surface area contributed by atoms with Crippen LogP contribution in [0.15, 0.2) is 12.2 Å². The van der Waals surface area contributed by atoms with Gasteiger partial charge in [-0.1, -0.05) is 44.8 Å². The van der Waals surface area contributed by atoms with Crippen molar-refractivity contribution in [3.05, 3.63) is 12.2 Å². The number of aliphatic hydroxyl groups is 2. The van der Waals surface area contributed by atoms with Crippen LogP contribution in [0, 0.1) is 11.8 Å². The average molecular weight is 381 g/mol. The van der Waals surface area contributed by atoms with Crippen molar-refractivity contribution in [2.45, 2.75) is 90.1 Å². The van der Waals surface area contributed by atoms with Crippen molar-refractivity contribution in [1.82, 2.24) is 0 Å². The van der Waals surface area contributed by atoms with Crippen LogP contribution < -0.4 is 0 Å². The van der Waals surface area contributed by atoms with Gasteiger partial charge in [-0.2, -0.15) is 0 Å². The number of unbranched alkanes of at least 4 members (excludes halogenated alkanes) is 3. The lowest BCUT2D eigenvalue weighted by atomic mass is 9.86. The van der Waals surface area contributed by atoms with E-state index in [2.05, 4.69) is 0 Å². The molecule has 3 atom stereocenters. The van der Waals surface area contributed by atoms with Crippen LogP contribution in [0.5, 0.6) is 0 Å². The predicted molar refractivity (Wildman–Crippen MR) is 105 cm³/mol. The summed E-state index contributed by atoms with van der Waals surface area (Å²) in [6.07, 6.45) is 11.6. The zero-order valence-electron chi connectivity index (χ0n) is 16.9. The first-order valence-corrected chi connectivity index (χ1v) is 10.4. The van der Waals surface area contributed by atoms with Gasteiger partial charge in [0.15, 0.2) is 11.6 Å². The molecule has 0 radical (unpaired) electrons. The third-order valence-corrected chi connectivity index (χ3v) is 5.74. The van der Waals surface area contributed by atoms with Gasteiger partial charge in [0.25, 0.3) is 0 Å². The second-order valence-electron chi connectivity index (χ2n) is 7.90. The Morgan fingerprint density at radius 3 is 2.59 bits per heavy atom. The Labute approximate surface area is 163 Å². The second kappa shape index (κ2) is 12.2. The Balaban J connectivity index is 2.49. The minimum Gasteiger partial charge on any atom is -0.389 e. The number of carbonyl (C=O) groups excluding carboxylic acids is 3. The van der Waals surface area contributed by atoms with Crippen LogP contribution in [0.1, 0.15) is 84.5 Å². The molecule has 0 saturated heterocycles. The molecule has 0 aliphatic heterocycles. The zero-order chi connectivity index (χ0) is 20.3. The quantitative estimate of drug-likeness (QED) is 0.355. The van der Waals surface area contributed by atoms with Gasteiger partial charge in [0.05, 0.1) is 0 Å². The third-order valence-electron chi connectivity index (χ3n) is 5.74. The van der Waals surface area contributed by atoms with E-state index in [1.807, 2.05) is 19.1 Å². The highest BCUT2D eigenvalue weighted by Gasteiger charge is 2.33. The molecule has 0 aromatic rings. The highest BCUT2D eigenvalue weighted by atomic mass is 16.3. The standard InChI is InChI=1S/C22H36O5/c1-3-4-14-22(27,17(2)24)15-8-9-18-12-13-21(26)20(18)11-7-5-6-10-19(25)16-23/h8-9,18,20,23,27H,3-7,10-16H2,1-2H3/t18-,20+,22?/m0/s1. The van der Waals surface area contributed by atoms with Crippen molar-refractivity contribution in [1.29, 1.82) is 0 Å². The summed E-state index contributed by atoms with van der Waals surface area (Å²) in [5.41, 5.74) is -1.29. The Morgan fingerprint density at radius 2 is 1.96 bits per heavy atom. The van der Waals surface area contributed by atoms with Crippen molar-refractivity contribution in [2.24, 2.45) is 11.8 Å². The molecule has 5 heteroatoms. The van der Waals surface area contributed by atoms with Crippen LogP contribution in [0.3, 0.4) is 0 Å². The number of hydrogen-bond acceptors (Lipinski definition) is 5. The molecular weight excluding hydrogens is 344 g/mol. The smallest absolute Gasteiger partial charge is 0.161 e. The minimum absolute atomic E-state index is 0.0101. The SMILES string of the molecule is CCCCC(O)(CC=C[C@H]1CCC(=O)[C@@H]1CCCCCC(=O)CO)C(C)=O. The largest absolute Gasteiger partial charge is 0.389 e. The maximum atomic E-state index is 12.2. The summed E-state index contributed by atoms with van der Waals surface area (Å²) in [7, 11) is 0. The fraction of sp³-hybridized carbons (Fsp3) is 0.773. The second-order valence-corrected chi connectivity index (χ2v) is 7.90. The summed E-state index contributed by atoms with van der Waals surface area (Å²) in [4.78, 5) is 35.1. The first-order valence-electron chi connectivity index (χ1n) is 10.4. The van der Waals surface area contributed by atoms with E-state index >= 15 is 0 Å². The molecule has 0 aromatic heterocycles. The van der Waals surface area contributed by atoms with Gasteiger partial charge in [-0.25, -0.2) is 0 Å². The normalized spacial score (nSPS) is 22.3. The van der Waals surface area contributed by atoms with Crippen LogP contribution in [0.4, 0.5) is 0 Å². The topological polar surface area (TPSA) is 91.7 Å². The van der Waals surface area contributed by atoms with Gasteiger partial charge < -0.3 is 10.2 Å². The maximum absolute atomic E-state index is 12.2. The van der Waals surface area contributed by atoms with Crippen LogP contribution in [-0.4, -0.2) is 39.8 Å². The van der Waals surface area contributed by atoms with Gasteiger partial charge in [0, 0.05) is 25.2 Å². The monoisotopic (exact) mass is 380 g/mol. The van der Waals surface area contributed by atoms with E-state index in [0.717, 1.165) is 44.9 Å². The van der Waals surface area contributed by atoms with Crippen LogP contribution in [0.2, 0.25) is 0 Å². The van der Waals surface area contributed by atoms with E-state index in [0.29, 0.717) is 31.5 Å². The van der Waals surface area contributed by atoms with Gasteiger partial charge in [-0.3, -0.25) is 14.4 Å². The van der Waals surface area contributed by atoms with Gasteiger partial charge in [0.1, 0.15) is 18.0 Å². The molecular formula is C22H36O5. The molecule has 0 heterocycles. The molecule has 27 heavy (non-hydrogen) atoms. The lowest BCUT2D eigenvalue weighted by Gasteiger charge is -2.24. The third kappa shape index (κ3) is 8.06. The summed E-state index contributed by atoms with van der Waals surface area (Å²) in [6.45, 7) is 3.08. The zero-order valence-corrected chi connectivity index (χ0v) is 16.9. The predicted octanol–water partition coefficient (Wildman–Crippen LogP) is 3.55. The molecule has 1 aliphatic carbocycles. The van der Waals surface area contributed by atoms with Crippen molar-refractivity contribution < 1.29 is 24.6 Å². The van der Waals surface area contributed by atoms with E-state index in [1.165, 1.54) is 6.92 Å². The van der Waals surface area contributed by atoms with E-state index in [4.69, 9.17) is 5.11 Å². The number of hydrogen-bond donors (Lipinski definition) is 2. The number of ketones is 3. The summed E-state index contributed by atoms with van der Waals surface area (Å²) < 4.78 is 0. The molecule has 1 aliphatic rings. The van der Waals surface area contributed by atoms with Gasteiger partial charge in [-0.15, -0.1) is 0 Å². The summed E-state index contributed by atoms with van der Waals surface area (Å²) in [5, 5.41) is 19.3. The molecule has 5 nitrogen and oxygen atoms in total. The molecule has 1 unspecified atom stereocenters. The van der Waals surface area contributed by atoms with Gasteiger partial charge in [-0.05, 0) is 38.5 Å². The number of Topliss-reactive ketones (excluding diaryl/α,β-unsaturated/α-hetero) is 3. The Kier molecular flexibility index (Phi) is 10.7. The van der Waals surface area contributed by atoms with E-state index in [1.54, 1.807) is 0 Å². The summed E-state index contributed by atoms with van der Waals surface area (Å²) >= 11 is 0. The Morgan fingerprint density at radius 1 is 1.22 bits per heavy atom. The van der Waals surface area contributed by atoms with Crippen molar-refractivity contribution in [2.75, 3.05) is 6.61 Å². The molecule has 0 aromatic carbocycles. The number of carbonyl (C=O) groups is 3. The Hall–Kier alpha value is -1.33. The lowest BCUT2D eigenvalue weighted by Crippen LogP contribution is -2.36. The Bertz CT molecular complexity index is 525. The van der Waals surface area contributed by atoms with Crippen LogP contribution in [0.25, 0.3) is 0 Å². The summed E-state index contributed by atoms with van der Waals surface area (Å²) in [5.74, 6) is 0.157. The fourth-order valence-electron chi connectivity index (χ4n) is 3.81. The first kappa shape index (κ1) is 23.7. The highest BCUT2D eigenvalue weighted by Crippen LogP contribution is 2.34. The van der Waals surface area contributed by atoms with Crippen molar-refractivity contribution in [3.8, 4) is 0 Å². The fourth-order valence-corrected chi connectivity index (χ4v) is 3.81. The van der Waals surface area contributed by atoms with E-state index in [-0.39, 0.29) is 23.4 Å². The number of aliphatic hydroxyl groups excluding tert-OH is 1. The number of allylic oxidation sites excluding steroid dienone is 1. The van der Waals surface area contributed by atoms with Crippen molar-refractivity contribution in [3.63, 3.8) is 0 Å². The van der Waals surface area contributed by atoms with Crippen LogP contribution >= 0.6 is 0 Å². The molecule has 1 rings (SSSR count). The van der Waals surface area contributed by atoms with Crippen molar-refractivity contribution >= 4 is 17.3 Å².